The fraction of sp³-hybridized carbons (Fsp3) is 0.261. The maximum atomic E-state index is 12.6. The normalized spacial score (nSPS) is 16.3. The second-order valence-corrected chi connectivity index (χ2v) is 9.80. The van der Waals surface area contributed by atoms with Crippen LogP contribution >= 0.6 is 23.1 Å². The molecular formula is C23H22N4O2S2. The van der Waals surface area contributed by atoms with E-state index in [1.54, 1.807) is 27.8 Å². The van der Waals surface area contributed by atoms with Gasteiger partial charge in [-0.2, -0.15) is 9.78 Å². The van der Waals surface area contributed by atoms with Gasteiger partial charge in [-0.15, -0.1) is 11.8 Å². The summed E-state index contributed by atoms with van der Waals surface area (Å²) < 4.78 is 8.65. The first-order valence-corrected chi connectivity index (χ1v) is 12.0. The second kappa shape index (κ2) is 8.01. The van der Waals surface area contributed by atoms with Gasteiger partial charge in [-0.25, -0.2) is 4.98 Å². The summed E-state index contributed by atoms with van der Waals surface area (Å²) in [6.45, 7) is 6.01. The van der Waals surface area contributed by atoms with E-state index >= 15 is 0 Å². The fourth-order valence-corrected chi connectivity index (χ4v) is 5.84. The Morgan fingerprint density at radius 1 is 1.16 bits per heavy atom. The van der Waals surface area contributed by atoms with Crippen molar-refractivity contribution in [1.29, 1.82) is 0 Å². The lowest BCUT2D eigenvalue weighted by Gasteiger charge is -2.16. The monoisotopic (exact) mass is 450 g/mol. The fourth-order valence-electron chi connectivity index (χ4n) is 3.73. The number of benzene rings is 2. The highest BCUT2D eigenvalue weighted by molar-refractivity contribution is 8.00. The maximum absolute atomic E-state index is 12.6. The van der Waals surface area contributed by atoms with Crippen LogP contribution in [0.25, 0.3) is 15.3 Å². The largest absolute Gasteiger partial charge is 0.491 e. The number of hydrogen-bond donors (Lipinski definition) is 1. The Morgan fingerprint density at radius 2 is 1.94 bits per heavy atom. The Kier molecular flexibility index (Phi) is 5.19. The summed E-state index contributed by atoms with van der Waals surface area (Å²) in [5.74, 6) is 1.90. The minimum Gasteiger partial charge on any atom is -0.491 e. The highest BCUT2D eigenvalue weighted by Crippen LogP contribution is 2.44. The highest BCUT2D eigenvalue weighted by Gasteiger charge is 2.31. The predicted octanol–water partition coefficient (Wildman–Crippen LogP) is 5.35. The molecule has 2 aromatic carbocycles. The lowest BCUT2D eigenvalue weighted by molar-refractivity contribution is -0.113. The van der Waals surface area contributed by atoms with Crippen LogP contribution in [0.5, 0.6) is 5.75 Å². The van der Waals surface area contributed by atoms with Gasteiger partial charge in [-0.1, -0.05) is 35.6 Å². The standard InChI is InChI=1S/C23H22N4O2S2/c1-13(2)29-16-10-8-15(9-11-16)21-20-14(3)26-27(22(20)25-19(28)12-30-21)23-24-17-6-4-5-7-18(17)31-23/h4-11,13,21H,12H2,1-3H3,(H,25,28)/t21-/m0/s1. The Morgan fingerprint density at radius 3 is 2.68 bits per heavy atom. The van der Waals surface area contributed by atoms with E-state index in [1.165, 1.54) is 0 Å². The molecule has 0 aliphatic carbocycles. The molecule has 8 heteroatoms. The van der Waals surface area contributed by atoms with Crippen LogP contribution in [0.4, 0.5) is 5.82 Å². The van der Waals surface area contributed by atoms with Gasteiger partial charge in [0.25, 0.3) is 0 Å². The van der Waals surface area contributed by atoms with Gasteiger partial charge in [0.05, 0.1) is 33.0 Å². The summed E-state index contributed by atoms with van der Waals surface area (Å²) in [5, 5.41) is 8.59. The average Bonchev–Trinajstić information content (AvgIpc) is 3.25. The molecule has 3 heterocycles. The number of ether oxygens (including phenoxy) is 1. The zero-order chi connectivity index (χ0) is 21.5. The summed E-state index contributed by atoms with van der Waals surface area (Å²) in [6.07, 6.45) is 0.126. The smallest absolute Gasteiger partial charge is 0.235 e. The minimum atomic E-state index is -0.0317. The van der Waals surface area contributed by atoms with Crippen LogP contribution in [0.3, 0.4) is 0 Å². The number of nitrogens with zero attached hydrogens (tertiary/aromatic N) is 3. The predicted molar refractivity (Wildman–Crippen MR) is 127 cm³/mol. The van der Waals surface area contributed by atoms with E-state index in [2.05, 4.69) is 17.4 Å². The van der Waals surface area contributed by atoms with Gasteiger partial charge in [0.15, 0.2) is 0 Å². The minimum absolute atomic E-state index is 0.00909. The molecule has 6 nitrogen and oxygen atoms in total. The Bertz CT molecular complexity index is 1230. The van der Waals surface area contributed by atoms with Gasteiger partial charge in [0.2, 0.25) is 11.0 Å². The molecule has 0 fully saturated rings. The van der Waals surface area contributed by atoms with Gasteiger partial charge >= 0.3 is 0 Å². The van der Waals surface area contributed by atoms with Gasteiger partial charge in [0, 0.05) is 5.56 Å². The number of carbonyl (C=O) groups is 1. The molecule has 0 saturated heterocycles. The van der Waals surface area contributed by atoms with Gasteiger partial charge < -0.3 is 10.1 Å². The van der Waals surface area contributed by atoms with Crippen molar-refractivity contribution in [2.24, 2.45) is 0 Å². The Balaban J connectivity index is 1.59. The Hall–Kier alpha value is -2.84. The second-order valence-electron chi connectivity index (χ2n) is 7.70. The maximum Gasteiger partial charge on any atom is 0.235 e. The van der Waals surface area contributed by atoms with Crippen molar-refractivity contribution < 1.29 is 9.53 Å². The zero-order valence-corrected chi connectivity index (χ0v) is 19.1. The van der Waals surface area contributed by atoms with Gasteiger partial charge in [-0.3, -0.25) is 4.79 Å². The van der Waals surface area contributed by atoms with Crippen molar-refractivity contribution in [1.82, 2.24) is 14.8 Å². The average molecular weight is 451 g/mol. The molecule has 0 radical (unpaired) electrons. The number of nitrogens with one attached hydrogen (secondary N) is 1. The molecule has 158 valence electrons. The molecule has 0 spiro atoms. The van der Waals surface area contributed by atoms with Gasteiger partial charge in [0.1, 0.15) is 11.6 Å². The van der Waals surface area contributed by atoms with Crippen LogP contribution in [-0.4, -0.2) is 32.5 Å². The van der Waals surface area contributed by atoms with E-state index in [-0.39, 0.29) is 17.3 Å². The summed E-state index contributed by atoms with van der Waals surface area (Å²) in [7, 11) is 0. The summed E-state index contributed by atoms with van der Waals surface area (Å²) >= 11 is 3.18. The van der Waals surface area contributed by atoms with Crippen molar-refractivity contribution in [3.63, 3.8) is 0 Å². The van der Waals surface area contributed by atoms with Crippen molar-refractivity contribution in [2.75, 3.05) is 11.1 Å². The molecule has 5 rings (SSSR count). The number of carbonyl (C=O) groups excluding carboxylic acids is 1. The number of amides is 1. The number of fused-ring (bicyclic) bond motifs is 2. The third-order valence-electron chi connectivity index (χ3n) is 5.03. The first kappa shape index (κ1) is 20.1. The van der Waals surface area contributed by atoms with Crippen LogP contribution in [0, 0.1) is 6.92 Å². The molecule has 4 aromatic rings. The van der Waals surface area contributed by atoms with E-state index in [0.717, 1.165) is 37.9 Å². The first-order valence-electron chi connectivity index (χ1n) is 10.1. The van der Waals surface area contributed by atoms with Crippen LogP contribution in [-0.2, 0) is 4.79 Å². The number of aryl methyl sites for hydroxylation is 1. The molecule has 31 heavy (non-hydrogen) atoms. The van der Waals surface area contributed by atoms with E-state index in [9.17, 15) is 4.79 Å². The van der Waals surface area contributed by atoms with Crippen LogP contribution in [0.15, 0.2) is 48.5 Å². The first-order chi connectivity index (χ1) is 15.0. The quantitative estimate of drug-likeness (QED) is 0.454. The lowest BCUT2D eigenvalue weighted by atomic mass is 10.0. The summed E-state index contributed by atoms with van der Waals surface area (Å²) in [5.41, 5.74) is 3.95. The van der Waals surface area contributed by atoms with E-state index in [0.29, 0.717) is 11.6 Å². The van der Waals surface area contributed by atoms with Crippen LogP contribution < -0.4 is 10.1 Å². The van der Waals surface area contributed by atoms with E-state index in [4.69, 9.17) is 14.8 Å². The zero-order valence-electron chi connectivity index (χ0n) is 17.5. The molecule has 2 aromatic heterocycles. The number of hydrogen-bond acceptors (Lipinski definition) is 6. The summed E-state index contributed by atoms with van der Waals surface area (Å²) in [4.78, 5) is 17.3. The van der Waals surface area contributed by atoms with Crippen molar-refractivity contribution in [3.05, 3.63) is 65.4 Å². The molecule has 0 unspecified atom stereocenters. The third kappa shape index (κ3) is 3.81. The summed E-state index contributed by atoms with van der Waals surface area (Å²) in [6, 6.07) is 16.1. The van der Waals surface area contributed by atoms with E-state index < -0.39 is 0 Å². The van der Waals surface area contributed by atoms with Crippen LogP contribution in [0.2, 0.25) is 0 Å². The molecule has 0 bridgehead atoms. The van der Waals surface area contributed by atoms with E-state index in [1.807, 2.05) is 57.2 Å². The molecule has 1 amide bonds. The molecule has 0 saturated carbocycles. The topological polar surface area (TPSA) is 69.0 Å². The number of thioether (sulfide) groups is 1. The molecule has 1 N–H and O–H groups in total. The SMILES string of the molecule is Cc1nn(-c2nc3ccccc3s2)c2c1[C@H](c1ccc(OC(C)C)cc1)SCC(=O)N2. The van der Waals surface area contributed by atoms with Crippen LogP contribution in [0.1, 0.15) is 35.9 Å². The number of rotatable bonds is 4. The van der Waals surface area contributed by atoms with Crippen molar-refractivity contribution >= 4 is 45.0 Å². The lowest BCUT2D eigenvalue weighted by Crippen LogP contribution is -2.15. The van der Waals surface area contributed by atoms with Crippen molar-refractivity contribution in [3.8, 4) is 10.9 Å². The van der Waals surface area contributed by atoms with Crippen molar-refractivity contribution in [2.45, 2.75) is 32.1 Å². The third-order valence-corrected chi connectivity index (χ3v) is 7.31. The highest BCUT2D eigenvalue weighted by atomic mass is 32.2. The van der Waals surface area contributed by atoms with Gasteiger partial charge in [-0.05, 0) is 50.6 Å². The molecule has 1 atom stereocenters. The number of aromatic nitrogens is 3. The molecule has 1 aliphatic rings. The molecule has 1 aliphatic heterocycles. The Labute approximate surface area is 188 Å². The number of anilines is 1. The number of thiazole rings is 1. The molecular weight excluding hydrogens is 428 g/mol. The number of para-hydroxylation sites is 1.